The van der Waals surface area contributed by atoms with Crippen molar-refractivity contribution in [2.45, 2.75) is 134 Å². The van der Waals surface area contributed by atoms with Crippen molar-refractivity contribution in [2.24, 2.45) is 58.0 Å². The van der Waals surface area contributed by atoms with E-state index in [4.69, 9.17) is 10.5 Å². The summed E-state index contributed by atoms with van der Waals surface area (Å²) in [5, 5.41) is 63.8. The second-order valence-corrected chi connectivity index (χ2v) is 24.5. The Bertz CT molecular complexity index is 2440. The maximum atomic E-state index is 12.8. The number of hydrogen-bond acceptors (Lipinski definition) is 10. The fraction of sp³-hybridized carbons (Fsp3) is 0.586. The number of nitrogens with two attached hydrogens (primary N) is 1. The topological polar surface area (TPSA) is 164 Å². The molecule has 3 heterocycles. The highest BCUT2D eigenvalue weighted by molar-refractivity contribution is 8.76. The quantitative estimate of drug-likeness (QED) is 0.0589. The molecule has 370 valence electrons. The largest absolute Gasteiger partial charge is 0.504 e. The van der Waals surface area contributed by atoms with Crippen LogP contribution in [0.3, 0.4) is 0 Å². The number of hydrogen-bond donors (Lipinski definition) is 8. The number of aromatic nitrogens is 1. The number of phenols is 1. The fourth-order valence-corrected chi connectivity index (χ4v) is 17.3. The Balaban J connectivity index is 1.03. The molecule has 9 N–H and O–H groups in total. The highest BCUT2D eigenvalue weighted by Gasteiger charge is 2.58. The average Bonchev–Trinajstić information content (AvgIpc) is 3.99. The van der Waals surface area contributed by atoms with Gasteiger partial charge in [0.2, 0.25) is 0 Å². The lowest BCUT2D eigenvalue weighted by atomic mass is 9.53. The fourth-order valence-electron chi connectivity index (χ4n) is 14.8. The Morgan fingerprint density at radius 1 is 0.971 bits per heavy atom. The van der Waals surface area contributed by atoms with Gasteiger partial charge in [-0.05, 0) is 146 Å². The minimum Gasteiger partial charge on any atom is -0.504 e. The van der Waals surface area contributed by atoms with Gasteiger partial charge in [-0.1, -0.05) is 115 Å². The zero-order valence-corrected chi connectivity index (χ0v) is 42.3. The molecular weight excluding hydrogens is 899 g/mol. The van der Waals surface area contributed by atoms with Crippen LogP contribution in [0.25, 0.3) is 0 Å². The number of aromatic hydroxyl groups is 1. The van der Waals surface area contributed by atoms with Gasteiger partial charge in [0.05, 0.1) is 18.3 Å². The highest BCUT2D eigenvalue weighted by atomic mass is 33.1. The van der Waals surface area contributed by atoms with E-state index in [2.05, 4.69) is 84.5 Å². The van der Waals surface area contributed by atoms with E-state index in [0.717, 1.165) is 85.8 Å². The van der Waals surface area contributed by atoms with Crippen LogP contribution in [0.2, 0.25) is 0 Å². The Kier molecular flexibility index (Phi) is 14.7. The summed E-state index contributed by atoms with van der Waals surface area (Å²) in [6.45, 7) is 5.07. The monoisotopic (exact) mass is 974 g/mol. The van der Waals surface area contributed by atoms with Crippen molar-refractivity contribution in [2.75, 3.05) is 24.7 Å². The normalized spacial score (nSPS) is 34.7. The summed E-state index contributed by atoms with van der Waals surface area (Å²) in [6, 6.07) is 18.8. The standard InChI is InChI=1S/C58H75N3O6S2/c1-3-37-24-40-27-49(63)51(67-52-28-41(25-43-14-10-21-60-43)44-16-22-61-56(59)48(44)34-69-68-33-42(32-62)54(52)65)30-46(40)47-29-50(64)53-38(26-45(37)47)15-20-58(35(2)23-36-11-5-4-6-12-36)19-9-13-39(55(53)66)31-57(58)17-7-8-18-57/h4-6,10-12,14,16,21,26-27,30,35,37-39,41-42,47,50,52-55,60-66H,3,7-9,13,17-19,22-25,28-29,31-34,59H2,1-2H3/t35-,37+,38+,39+,41-,42+,47+,50-,52+,53-,54+,55+,58+/m1/s1. The highest BCUT2D eigenvalue weighted by Crippen LogP contribution is 2.64. The Morgan fingerprint density at radius 2 is 1.80 bits per heavy atom. The zero-order valence-electron chi connectivity index (χ0n) is 40.6. The number of benzene rings is 2. The lowest BCUT2D eigenvalue weighted by Gasteiger charge is -2.50. The summed E-state index contributed by atoms with van der Waals surface area (Å²) in [6.07, 6.45) is 16.1. The first-order valence-electron chi connectivity index (χ1n) is 26.3. The molecule has 0 radical (unpaired) electrons. The van der Waals surface area contributed by atoms with Crippen LogP contribution in [0.1, 0.15) is 113 Å². The van der Waals surface area contributed by atoms with Crippen LogP contribution in [-0.4, -0.2) is 79.6 Å². The van der Waals surface area contributed by atoms with Gasteiger partial charge in [-0.15, -0.1) is 0 Å². The molecule has 1 saturated heterocycles. The van der Waals surface area contributed by atoms with Gasteiger partial charge in [0.15, 0.2) is 11.5 Å². The number of aromatic amines is 1. The van der Waals surface area contributed by atoms with Crippen LogP contribution in [0, 0.1) is 64.1 Å². The molecule has 2 aromatic carbocycles. The van der Waals surface area contributed by atoms with Crippen LogP contribution in [0.5, 0.6) is 11.5 Å². The summed E-state index contributed by atoms with van der Waals surface area (Å²) in [5.41, 5.74) is 14.4. The average molecular weight is 974 g/mol. The summed E-state index contributed by atoms with van der Waals surface area (Å²) in [4.78, 5) is 3.39. The van der Waals surface area contributed by atoms with E-state index in [1.165, 1.54) is 24.0 Å². The molecule has 2 saturated carbocycles. The second-order valence-electron chi connectivity index (χ2n) is 22.0. The number of H-pyrrole nitrogens is 1. The number of phenolic OH excluding ortho intramolecular Hbond substituents is 1. The molecule has 1 aromatic heterocycles. The van der Waals surface area contributed by atoms with Gasteiger partial charge in [0.1, 0.15) is 11.9 Å². The predicted molar refractivity (Wildman–Crippen MR) is 278 cm³/mol. The third kappa shape index (κ3) is 9.45. The molecular formula is C58H75N3O6S2. The van der Waals surface area contributed by atoms with Crippen LogP contribution < -0.4 is 15.8 Å². The van der Waals surface area contributed by atoms with Gasteiger partial charge >= 0.3 is 0 Å². The number of rotatable bonds is 9. The second kappa shape index (κ2) is 20.8. The lowest BCUT2D eigenvalue weighted by molar-refractivity contribution is -0.0507. The Morgan fingerprint density at radius 3 is 2.57 bits per heavy atom. The van der Waals surface area contributed by atoms with Crippen LogP contribution >= 0.6 is 21.6 Å². The van der Waals surface area contributed by atoms with E-state index in [-0.39, 0.29) is 52.8 Å². The number of aliphatic hydroxyl groups excluding tert-OH is 4. The Hall–Kier alpha value is -3.76. The number of fused-ring (bicyclic) bond motifs is 6. The molecule has 7 aliphatic rings. The van der Waals surface area contributed by atoms with Crippen molar-refractivity contribution in [1.82, 2.24) is 10.3 Å². The molecule has 2 bridgehead atoms. The van der Waals surface area contributed by atoms with Crippen molar-refractivity contribution in [1.29, 1.82) is 0 Å². The van der Waals surface area contributed by atoms with Crippen LogP contribution in [-0.2, 0) is 19.3 Å². The number of allylic oxidation sites excluding steroid dienone is 3. The smallest absolute Gasteiger partial charge is 0.161 e. The van der Waals surface area contributed by atoms with Gasteiger partial charge in [0.25, 0.3) is 0 Å². The molecule has 2 aliphatic heterocycles. The molecule has 3 fully saturated rings. The minimum absolute atomic E-state index is 0.0197. The first kappa shape index (κ1) is 48.8. The summed E-state index contributed by atoms with van der Waals surface area (Å²) >= 11 is 0. The van der Waals surface area contributed by atoms with E-state index in [1.54, 1.807) is 21.6 Å². The summed E-state index contributed by atoms with van der Waals surface area (Å²) in [5.74, 6) is 9.45. The number of nitrogens with one attached hydrogen (secondary N) is 2. The molecule has 3 aromatic rings. The molecule has 13 atom stereocenters. The zero-order chi connectivity index (χ0) is 47.9. The Labute approximate surface area is 418 Å². The van der Waals surface area contributed by atoms with Crippen molar-refractivity contribution >= 4 is 21.6 Å². The van der Waals surface area contributed by atoms with E-state index < -0.39 is 36.3 Å². The van der Waals surface area contributed by atoms with Crippen molar-refractivity contribution in [3.8, 4) is 23.3 Å². The number of ether oxygens (including phenoxy) is 1. The molecule has 9 nitrogen and oxygen atoms in total. The first-order chi connectivity index (χ1) is 33.5. The maximum Gasteiger partial charge on any atom is 0.161 e. The predicted octanol–water partition coefficient (Wildman–Crippen LogP) is 9.36. The number of aliphatic hydroxyl groups is 4. The van der Waals surface area contributed by atoms with E-state index in [0.29, 0.717) is 54.8 Å². The molecule has 69 heavy (non-hydrogen) atoms. The van der Waals surface area contributed by atoms with Gasteiger partial charge in [-0.2, -0.15) is 0 Å². The van der Waals surface area contributed by atoms with Crippen molar-refractivity contribution < 1.29 is 30.3 Å². The third-order valence-electron chi connectivity index (χ3n) is 18.3. The maximum absolute atomic E-state index is 12.8. The van der Waals surface area contributed by atoms with Crippen molar-refractivity contribution in [3.05, 3.63) is 118 Å². The van der Waals surface area contributed by atoms with Crippen molar-refractivity contribution in [3.63, 3.8) is 0 Å². The van der Waals surface area contributed by atoms with Gasteiger partial charge in [-0.25, -0.2) is 0 Å². The summed E-state index contributed by atoms with van der Waals surface area (Å²) < 4.78 is 6.97. The molecule has 0 unspecified atom stereocenters. The van der Waals surface area contributed by atoms with E-state index in [1.807, 2.05) is 24.4 Å². The third-order valence-corrected chi connectivity index (χ3v) is 20.7. The lowest BCUT2D eigenvalue weighted by Crippen LogP contribution is -2.46. The molecule has 11 heteroatoms. The number of dihydropyridines is 1. The summed E-state index contributed by atoms with van der Waals surface area (Å²) in [7, 11) is 3.29. The molecule has 10 rings (SSSR count). The van der Waals surface area contributed by atoms with Crippen LogP contribution in [0.15, 0.2) is 95.5 Å². The molecule has 0 amide bonds. The van der Waals surface area contributed by atoms with Crippen LogP contribution in [0.4, 0.5) is 0 Å². The van der Waals surface area contributed by atoms with Gasteiger partial charge in [-0.3, -0.25) is 0 Å². The first-order valence-corrected chi connectivity index (χ1v) is 28.8. The van der Waals surface area contributed by atoms with E-state index in [9.17, 15) is 25.5 Å². The molecule has 5 aliphatic carbocycles. The van der Waals surface area contributed by atoms with E-state index >= 15 is 0 Å². The molecule has 1 spiro atoms. The minimum atomic E-state index is -1.03. The van der Waals surface area contributed by atoms with Gasteiger partial charge in [0, 0.05) is 71.2 Å². The SMILES string of the molecule is CC[C@H]1Cc2cc(O)c(O[C@H]3C[C@@H](Cc4ccc[nH]4)C4=CCNC(N)=C4CSSC[C@H](CO)[C@@H]3O)cc2[C@H]2C[C@@H](O)[C@@H]3[C@@H](O)[C@H]4CCC[C@@]([C@H](C)Cc5ccccc5)(C#C[C@H]3C=C12)C1(CCCC1)C4. The van der Waals surface area contributed by atoms with Gasteiger partial charge < -0.3 is 46.3 Å².